The summed E-state index contributed by atoms with van der Waals surface area (Å²) in [4.78, 5) is 185. The fraction of sp³-hybridized carbons (Fsp3) is 0.477. The molecule has 0 aromatic heterocycles. The first-order valence-corrected chi connectivity index (χ1v) is 41.9. The SMILES string of the molecule is Cc1cc(O)cc(C)c1C[C@H](N)C(=O)N[C@H](C)C(=O)NCC(=O)N[C@@H](Cc1ccc(Cl)cc1)C(=O)N[C@@H](CC(C)C)C(=O)N[C@@H](CCCNC(=N)N)C(=O)N[C@H](CCCNC(=N)N)C(=O)N[C@@H](CCC(N)=O)C(=O)N[C@@H](Cc1ccccc1)C(=O)N[C@@H](CCCCNC(=O)NCCC(=O)N(c1ccccc1)C1CCN(CCc2ccccc2)CC1)C(=O)O. The maximum atomic E-state index is 14.9. The van der Waals surface area contributed by atoms with E-state index in [4.69, 9.17) is 45.4 Å². The zero-order valence-electron chi connectivity index (χ0n) is 70.4. The number of amides is 13. The summed E-state index contributed by atoms with van der Waals surface area (Å²) in [5.74, 6) is -11.6. The van der Waals surface area contributed by atoms with Gasteiger partial charge in [-0.25, -0.2) is 9.59 Å². The number of para-hydroxylation sites is 1. The van der Waals surface area contributed by atoms with Crippen LogP contribution in [0.25, 0.3) is 0 Å². The molecule has 0 radical (unpaired) electrons. The number of aromatic hydroxyl groups is 1. The number of nitrogens with one attached hydrogen (secondary N) is 15. The molecule has 5 aromatic rings. The average Bonchev–Trinajstić information content (AvgIpc) is 0.833. The summed E-state index contributed by atoms with van der Waals surface area (Å²) in [5.41, 5.74) is 28.2. The van der Waals surface area contributed by atoms with Crippen molar-refractivity contribution in [3.63, 3.8) is 0 Å². The normalized spacial score (nSPS) is 14.2. The van der Waals surface area contributed by atoms with Gasteiger partial charge in [0.15, 0.2) is 11.9 Å². The third-order valence-electron chi connectivity index (χ3n) is 20.7. The number of carbonyl (C=O) groups is 13. The summed E-state index contributed by atoms with van der Waals surface area (Å²) in [6.45, 7) is 10.4. The van der Waals surface area contributed by atoms with Crippen molar-refractivity contribution in [1.82, 2.24) is 74.0 Å². The summed E-state index contributed by atoms with van der Waals surface area (Å²) < 4.78 is 0. The van der Waals surface area contributed by atoms with Crippen LogP contribution in [0, 0.1) is 30.6 Å². The molecule has 1 aliphatic rings. The molecule has 9 atom stereocenters. The highest BCUT2D eigenvalue weighted by Crippen LogP contribution is 2.26. The van der Waals surface area contributed by atoms with Gasteiger partial charge in [0, 0.05) is 88.2 Å². The van der Waals surface area contributed by atoms with E-state index in [0.29, 0.717) is 27.3 Å². The number of hydrogen-bond acceptors (Lipinski definition) is 18. The Morgan fingerprint density at radius 1 is 0.496 bits per heavy atom. The van der Waals surface area contributed by atoms with Crippen LogP contribution >= 0.6 is 11.6 Å². The highest BCUT2D eigenvalue weighted by atomic mass is 35.5. The molecule has 1 aliphatic heterocycles. The molecule has 6 rings (SSSR count). The van der Waals surface area contributed by atoms with Crippen LogP contribution < -0.4 is 97.0 Å². The van der Waals surface area contributed by atoms with Crippen LogP contribution in [0.3, 0.4) is 0 Å². The van der Waals surface area contributed by atoms with E-state index in [1.54, 1.807) is 82.3 Å². The lowest BCUT2D eigenvalue weighted by atomic mass is 9.96. The number of benzene rings is 5. The van der Waals surface area contributed by atoms with Gasteiger partial charge in [-0.1, -0.05) is 116 Å². The van der Waals surface area contributed by atoms with E-state index in [-0.39, 0.29) is 127 Å². The number of primary amides is 1. The van der Waals surface area contributed by atoms with E-state index in [9.17, 15) is 72.5 Å². The van der Waals surface area contributed by atoms with Gasteiger partial charge in [0.2, 0.25) is 65.0 Å². The summed E-state index contributed by atoms with van der Waals surface area (Å²) in [6.07, 6.45) is 1.22. The molecule has 0 unspecified atom stereocenters. The molecule has 0 bridgehead atoms. The Morgan fingerprint density at radius 2 is 0.951 bits per heavy atom. The lowest BCUT2D eigenvalue weighted by Crippen LogP contribution is -2.60. The fourth-order valence-electron chi connectivity index (χ4n) is 14.0. The third kappa shape index (κ3) is 36.4. The molecule has 0 saturated carbocycles. The van der Waals surface area contributed by atoms with Gasteiger partial charge in [-0.05, 0) is 180 Å². The maximum Gasteiger partial charge on any atom is 0.326 e. The molecule has 25 N–H and O–H groups in total. The first-order valence-electron chi connectivity index (χ1n) is 41.5. The van der Waals surface area contributed by atoms with Crippen molar-refractivity contribution in [2.45, 2.75) is 204 Å². The molecule has 123 heavy (non-hydrogen) atoms. The number of halogens is 1. The number of nitrogens with zero attached hydrogens (tertiary/aromatic N) is 2. The van der Waals surface area contributed by atoms with E-state index in [1.807, 2.05) is 53.4 Å². The molecule has 0 spiro atoms. The minimum absolute atomic E-state index is 0.00739. The van der Waals surface area contributed by atoms with Crippen LogP contribution in [-0.4, -0.2) is 217 Å². The monoisotopic (exact) mass is 1720 g/mol. The smallest absolute Gasteiger partial charge is 0.326 e. The molecule has 1 fully saturated rings. The number of carboxylic acid groups (broad SMARTS) is 1. The molecule has 1 saturated heterocycles. The number of hydrogen-bond donors (Lipinski definition) is 21. The lowest BCUT2D eigenvalue weighted by molar-refractivity contribution is -0.142. The van der Waals surface area contributed by atoms with Crippen LogP contribution in [0.1, 0.15) is 138 Å². The third-order valence-corrected chi connectivity index (χ3v) is 20.9. The zero-order chi connectivity index (χ0) is 90.1. The number of aliphatic carboxylic acids is 1. The molecule has 1 heterocycles. The van der Waals surface area contributed by atoms with Crippen molar-refractivity contribution in [2.75, 3.05) is 57.3 Å². The van der Waals surface area contributed by atoms with Crippen LogP contribution in [-0.2, 0) is 83.2 Å². The minimum atomic E-state index is -1.67. The Kier molecular flexibility index (Phi) is 42.0. The Labute approximate surface area is 721 Å². The Balaban J connectivity index is 1.11. The first-order chi connectivity index (χ1) is 58.6. The van der Waals surface area contributed by atoms with E-state index in [2.05, 4.69) is 86.2 Å². The molecular formula is C86H122ClN21O15. The standard InChI is InChI=1S/C86H122ClN21O15/c1-52(2)45-69(105-81(119)70(49-58-28-30-59(87)31-29-58)100-73(111)51-98-75(113)55(5)99-76(114)64(88)50-63-53(3)46-62(109)47-54(63)4)80(118)102-66(27-18-40-95-85(92)93)77(115)101-65(26-17-39-94-84(90)91)78(116)103-67(32-33-72(89)110)79(117)106-71(48-57-21-11-7-12-22-57)82(120)104-68(83(121)122)25-15-16-38-96-86(123)97-41-34-74(112)108(60-23-13-8-14-24-60)61-36-43-107(44-37-61)42-35-56-19-9-6-10-20-56/h6-14,19-24,28-31,46-47,52,55,61,64-71,109H,15-18,25-27,32-45,48-51,88H2,1-5H3,(H2,89,110)(H,98,113)(H,99,114)(H,100,111)(H,101,115)(H,102,118)(H,103,116)(H,104,120)(H,105,119)(H,106,117)(H,121,122)(H4,90,91,94)(H4,92,93,95)(H2,96,97,123)/t55-,64+,65-,66+,67+,68+,69+,70+,71+/m1/s1. The Hall–Kier alpha value is -12.4. The van der Waals surface area contributed by atoms with Gasteiger partial charge < -0.3 is 112 Å². The van der Waals surface area contributed by atoms with E-state index in [1.165, 1.54) is 24.6 Å². The molecule has 0 aliphatic carbocycles. The average molecular weight is 1730 g/mol. The fourth-order valence-corrected chi connectivity index (χ4v) is 14.2. The number of piperidine rings is 1. The maximum absolute atomic E-state index is 14.9. The topological polar surface area (TPSA) is 577 Å². The highest BCUT2D eigenvalue weighted by molar-refractivity contribution is 6.30. The van der Waals surface area contributed by atoms with Gasteiger partial charge in [-0.15, -0.1) is 0 Å². The quantitative estimate of drug-likeness (QED) is 0.0149. The van der Waals surface area contributed by atoms with Gasteiger partial charge in [-0.2, -0.15) is 0 Å². The predicted octanol–water partition coefficient (Wildman–Crippen LogP) is 1.55. The Bertz CT molecular complexity index is 4330. The highest BCUT2D eigenvalue weighted by Gasteiger charge is 2.37. The molecule has 668 valence electrons. The van der Waals surface area contributed by atoms with Gasteiger partial charge in [0.25, 0.3) is 0 Å². The number of carboxylic acids is 1. The first kappa shape index (κ1) is 99.4. The van der Waals surface area contributed by atoms with Gasteiger partial charge in [0.05, 0.1) is 12.6 Å². The number of unbranched alkanes of at least 4 members (excludes halogenated alkanes) is 1. The predicted molar refractivity (Wildman–Crippen MR) is 466 cm³/mol. The van der Waals surface area contributed by atoms with Crippen molar-refractivity contribution < 1.29 is 72.5 Å². The van der Waals surface area contributed by atoms with Crippen molar-refractivity contribution in [1.29, 1.82) is 10.8 Å². The van der Waals surface area contributed by atoms with E-state index < -0.39 is 157 Å². The second-order valence-corrected chi connectivity index (χ2v) is 31.5. The van der Waals surface area contributed by atoms with E-state index >= 15 is 0 Å². The number of rotatable bonds is 51. The number of carbonyl (C=O) groups excluding carboxylic acids is 12. The van der Waals surface area contributed by atoms with Crippen molar-refractivity contribution in [3.8, 4) is 5.75 Å². The summed E-state index contributed by atoms with van der Waals surface area (Å²) in [6, 6.07) is 24.0. The molecule has 37 heteroatoms. The molecular weight excluding hydrogens is 1600 g/mol. The minimum Gasteiger partial charge on any atom is -0.508 e. The largest absolute Gasteiger partial charge is 0.508 e. The van der Waals surface area contributed by atoms with Crippen molar-refractivity contribution in [2.24, 2.45) is 28.9 Å². The zero-order valence-corrected chi connectivity index (χ0v) is 71.2. The van der Waals surface area contributed by atoms with Crippen molar-refractivity contribution >= 4 is 106 Å². The molecule has 13 amide bonds. The number of likely N-dealkylation sites (tertiary alicyclic amines) is 1. The lowest BCUT2D eigenvalue weighted by Gasteiger charge is -2.38. The Morgan fingerprint density at radius 3 is 1.48 bits per heavy atom. The second kappa shape index (κ2) is 52.0. The number of aryl methyl sites for hydroxylation is 2. The summed E-state index contributed by atoms with van der Waals surface area (Å²) >= 11 is 6.20. The summed E-state index contributed by atoms with van der Waals surface area (Å²) in [5, 5.41) is 70.3. The summed E-state index contributed by atoms with van der Waals surface area (Å²) in [7, 11) is 0. The van der Waals surface area contributed by atoms with E-state index in [0.717, 1.165) is 50.1 Å². The van der Waals surface area contributed by atoms with Gasteiger partial charge in [0.1, 0.15) is 54.1 Å². The number of guanidine groups is 2. The number of anilines is 1. The van der Waals surface area contributed by atoms with Gasteiger partial charge >= 0.3 is 12.0 Å². The number of nitrogens with two attached hydrogens (primary N) is 4. The second-order valence-electron chi connectivity index (χ2n) is 31.1. The van der Waals surface area contributed by atoms with Crippen LogP contribution in [0.2, 0.25) is 5.02 Å². The molecule has 36 nitrogen and oxygen atoms in total. The molecule has 5 aromatic carbocycles. The number of phenols is 1. The van der Waals surface area contributed by atoms with Crippen LogP contribution in [0.4, 0.5) is 10.5 Å². The van der Waals surface area contributed by atoms with Gasteiger partial charge in [-0.3, -0.25) is 63.6 Å². The van der Waals surface area contributed by atoms with Crippen LogP contribution in [0.5, 0.6) is 5.75 Å². The number of phenolic OH excluding ortho intramolecular Hbond substituents is 1. The number of urea groups is 1. The van der Waals surface area contributed by atoms with Crippen molar-refractivity contribution in [3.05, 3.63) is 166 Å². The van der Waals surface area contributed by atoms with Crippen LogP contribution in [0.15, 0.2) is 127 Å².